The van der Waals surface area contributed by atoms with Crippen LogP contribution in [-0.4, -0.2) is 71.4 Å². The van der Waals surface area contributed by atoms with Crippen LogP contribution in [0.2, 0.25) is 0 Å². The Morgan fingerprint density at radius 3 is 2.45 bits per heavy atom. The van der Waals surface area contributed by atoms with Crippen molar-refractivity contribution in [3.05, 3.63) is 29.6 Å². The largest absolute Gasteiger partial charge is 0.341 e. The Labute approximate surface area is 173 Å². The Morgan fingerprint density at radius 2 is 1.83 bits per heavy atom. The predicted octanol–water partition coefficient (Wildman–Crippen LogP) is 3.32. The van der Waals surface area contributed by atoms with E-state index < -0.39 is 0 Å². The molecule has 7 heteroatoms. The number of hydrogen-bond acceptors (Lipinski definition) is 3. The molecular weight excluding hydrogens is 371 g/mol. The molecule has 0 radical (unpaired) electrons. The van der Waals surface area contributed by atoms with Gasteiger partial charge >= 0.3 is 6.03 Å². The average Bonchev–Trinajstić information content (AvgIpc) is 3.16. The van der Waals surface area contributed by atoms with Gasteiger partial charge in [-0.1, -0.05) is 26.8 Å². The highest BCUT2D eigenvalue weighted by Gasteiger charge is 2.44. The van der Waals surface area contributed by atoms with Crippen molar-refractivity contribution in [3.63, 3.8) is 0 Å². The molecule has 0 unspecified atom stereocenters. The molecule has 2 fully saturated rings. The monoisotopic (exact) mass is 404 g/mol. The van der Waals surface area contributed by atoms with Crippen LogP contribution in [0.25, 0.3) is 0 Å². The average molecular weight is 405 g/mol. The minimum atomic E-state index is -0.320. The molecule has 2 aliphatic rings. The van der Waals surface area contributed by atoms with Crippen molar-refractivity contribution >= 4 is 17.6 Å². The zero-order valence-electron chi connectivity index (χ0n) is 18.0. The highest BCUT2D eigenvalue weighted by atomic mass is 19.1. The van der Waals surface area contributed by atoms with Crippen LogP contribution < -0.4 is 5.32 Å². The van der Waals surface area contributed by atoms with Crippen molar-refractivity contribution < 1.29 is 14.0 Å². The van der Waals surface area contributed by atoms with E-state index in [-0.39, 0.29) is 29.2 Å². The Balaban J connectivity index is 1.59. The lowest BCUT2D eigenvalue weighted by Crippen LogP contribution is -2.59. The third-order valence-electron chi connectivity index (χ3n) is 6.54. The van der Waals surface area contributed by atoms with Gasteiger partial charge in [-0.25, -0.2) is 9.18 Å². The second-order valence-electron chi connectivity index (χ2n) is 8.56. The fourth-order valence-corrected chi connectivity index (χ4v) is 4.50. The molecule has 0 aliphatic carbocycles. The summed E-state index contributed by atoms with van der Waals surface area (Å²) in [6, 6.07) is 4.53. The van der Waals surface area contributed by atoms with E-state index in [1.807, 2.05) is 18.7 Å². The first-order valence-corrected chi connectivity index (χ1v) is 10.6. The number of hydrogen-bond donors (Lipinski definition) is 1. The molecule has 1 aromatic rings. The van der Waals surface area contributed by atoms with Gasteiger partial charge in [-0.3, -0.25) is 9.69 Å². The van der Waals surface area contributed by atoms with Crippen molar-refractivity contribution in [3.8, 4) is 0 Å². The van der Waals surface area contributed by atoms with E-state index in [0.29, 0.717) is 24.3 Å². The molecule has 0 spiro atoms. The maximum atomic E-state index is 13.7. The molecule has 2 saturated heterocycles. The summed E-state index contributed by atoms with van der Waals surface area (Å²) in [6.45, 7) is 12.2. The molecule has 0 bridgehead atoms. The van der Waals surface area contributed by atoms with Crippen molar-refractivity contribution in [1.82, 2.24) is 14.7 Å². The fourth-order valence-electron chi connectivity index (χ4n) is 4.50. The van der Waals surface area contributed by atoms with Crippen molar-refractivity contribution in [2.75, 3.05) is 44.6 Å². The normalized spacial score (nSPS) is 23.0. The molecule has 0 aromatic heterocycles. The number of likely N-dealkylation sites (tertiary alicyclic amines) is 1. The molecule has 29 heavy (non-hydrogen) atoms. The molecule has 1 N–H and O–H groups in total. The maximum absolute atomic E-state index is 13.7. The van der Waals surface area contributed by atoms with E-state index in [9.17, 15) is 14.0 Å². The van der Waals surface area contributed by atoms with Gasteiger partial charge in [-0.05, 0) is 31.9 Å². The Morgan fingerprint density at radius 1 is 1.14 bits per heavy atom. The topological polar surface area (TPSA) is 55.9 Å². The second-order valence-corrected chi connectivity index (χ2v) is 8.56. The van der Waals surface area contributed by atoms with Gasteiger partial charge in [-0.2, -0.15) is 0 Å². The third kappa shape index (κ3) is 4.39. The first-order chi connectivity index (χ1) is 13.8. The van der Waals surface area contributed by atoms with Crippen molar-refractivity contribution in [1.29, 1.82) is 0 Å². The van der Waals surface area contributed by atoms with E-state index in [2.05, 4.69) is 17.1 Å². The second kappa shape index (κ2) is 8.69. The molecule has 2 aliphatic heterocycles. The molecular formula is C22H33FN4O2. The molecule has 3 amide bonds. The summed E-state index contributed by atoms with van der Waals surface area (Å²) in [7, 11) is 0. The van der Waals surface area contributed by atoms with Crippen LogP contribution in [0, 0.1) is 18.7 Å². The summed E-state index contributed by atoms with van der Waals surface area (Å²) in [5.74, 6) is -0.0717. The number of rotatable bonds is 4. The molecule has 6 nitrogen and oxygen atoms in total. The maximum Gasteiger partial charge on any atom is 0.321 e. The van der Waals surface area contributed by atoms with E-state index in [1.165, 1.54) is 6.07 Å². The zero-order chi connectivity index (χ0) is 21.2. The Bertz CT molecular complexity index is 761. The fraction of sp³-hybridized carbons (Fsp3) is 0.636. The molecule has 2 heterocycles. The van der Waals surface area contributed by atoms with Crippen molar-refractivity contribution in [2.45, 2.75) is 46.1 Å². The van der Waals surface area contributed by atoms with Crippen LogP contribution in [0.5, 0.6) is 0 Å². The number of benzene rings is 1. The summed E-state index contributed by atoms with van der Waals surface area (Å²) < 4.78 is 13.7. The number of carbonyl (C=O) groups is 2. The number of piperazine rings is 1. The lowest BCUT2D eigenvalue weighted by molar-refractivity contribution is -0.134. The van der Waals surface area contributed by atoms with Crippen LogP contribution in [0.3, 0.4) is 0 Å². The Kier molecular flexibility index (Phi) is 6.46. The predicted molar refractivity (Wildman–Crippen MR) is 112 cm³/mol. The number of anilines is 1. The SMILES string of the molecule is CC[C@]1(N2CCN(C(=O)Nc3cccc(F)c3C)CC2)CCN(C(=O)C(C)C)C1. The summed E-state index contributed by atoms with van der Waals surface area (Å²) in [6.07, 6.45) is 1.97. The molecule has 1 atom stereocenters. The van der Waals surface area contributed by atoms with E-state index in [1.54, 1.807) is 24.0 Å². The third-order valence-corrected chi connectivity index (χ3v) is 6.54. The van der Waals surface area contributed by atoms with E-state index >= 15 is 0 Å². The number of nitrogens with one attached hydrogen (secondary N) is 1. The smallest absolute Gasteiger partial charge is 0.321 e. The molecule has 3 rings (SSSR count). The number of halogens is 1. The minimum Gasteiger partial charge on any atom is -0.341 e. The van der Waals surface area contributed by atoms with Gasteiger partial charge in [0.2, 0.25) is 5.91 Å². The summed E-state index contributed by atoms with van der Waals surface area (Å²) >= 11 is 0. The summed E-state index contributed by atoms with van der Waals surface area (Å²) in [5, 5.41) is 2.84. The summed E-state index contributed by atoms with van der Waals surface area (Å²) in [5.41, 5.74) is 0.970. The van der Waals surface area contributed by atoms with Gasteiger partial charge in [0.05, 0.1) is 0 Å². The minimum absolute atomic E-state index is 0.00621. The number of urea groups is 1. The Hall–Kier alpha value is -2.15. The van der Waals surface area contributed by atoms with Gasteiger partial charge < -0.3 is 15.1 Å². The number of amides is 3. The van der Waals surface area contributed by atoms with Crippen LogP contribution in [0.4, 0.5) is 14.9 Å². The van der Waals surface area contributed by atoms with Crippen molar-refractivity contribution in [2.24, 2.45) is 5.92 Å². The zero-order valence-corrected chi connectivity index (χ0v) is 18.0. The number of carbonyl (C=O) groups excluding carboxylic acids is 2. The first kappa shape index (κ1) is 21.6. The van der Waals surface area contributed by atoms with Crippen LogP contribution >= 0.6 is 0 Å². The van der Waals surface area contributed by atoms with Crippen LogP contribution in [-0.2, 0) is 4.79 Å². The van der Waals surface area contributed by atoms with Gasteiger partial charge in [-0.15, -0.1) is 0 Å². The van der Waals surface area contributed by atoms with Gasteiger partial charge in [0.15, 0.2) is 0 Å². The summed E-state index contributed by atoms with van der Waals surface area (Å²) in [4.78, 5) is 31.3. The standard InChI is InChI=1S/C22H33FN4O2/c1-5-22(9-10-26(15-22)20(28)16(2)3)27-13-11-25(12-14-27)21(29)24-19-8-6-7-18(23)17(19)4/h6-8,16H,5,9-15H2,1-4H3,(H,24,29)/t22-/m0/s1. The van der Waals surface area contributed by atoms with Crippen LogP contribution in [0.15, 0.2) is 18.2 Å². The van der Waals surface area contributed by atoms with E-state index in [0.717, 1.165) is 39.0 Å². The van der Waals surface area contributed by atoms with Gasteiger partial charge in [0.25, 0.3) is 0 Å². The lowest BCUT2D eigenvalue weighted by atomic mass is 9.92. The van der Waals surface area contributed by atoms with E-state index in [4.69, 9.17) is 0 Å². The van der Waals surface area contributed by atoms with Crippen LogP contribution in [0.1, 0.15) is 39.2 Å². The van der Waals surface area contributed by atoms with Gasteiger partial charge in [0, 0.05) is 62.0 Å². The molecule has 1 aromatic carbocycles. The lowest BCUT2D eigenvalue weighted by Gasteiger charge is -2.45. The first-order valence-electron chi connectivity index (χ1n) is 10.6. The highest BCUT2D eigenvalue weighted by molar-refractivity contribution is 5.90. The molecule has 160 valence electrons. The quantitative estimate of drug-likeness (QED) is 0.838. The number of nitrogens with zero attached hydrogens (tertiary/aromatic N) is 3. The highest BCUT2D eigenvalue weighted by Crippen LogP contribution is 2.33. The molecule has 0 saturated carbocycles. The van der Waals surface area contributed by atoms with Gasteiger partial charge in [0.1, 0.15) is 5.82 Å².